The summed E-state index contributed by atoms with van der Waals surface area (Å²) in [4.78, 5) is 23.7. The fraction of sp³-hybridized carbons (Fsp3) is 0.417. The molecule has 0 spiro atoms. The Kier molecular flexibility index (Phi) is 9.26. The minimum Gasteiger partial charge on any atom is -0.461 e. The van der Waals surface area contributed by atoms with Crippen molar-refractivity contribution in [2.24, 2.45) is 0 Å². The second-order valence-corrected chi connectivity index (χ2v) is 6.88. The first-order chi connectivity index (χ1) is 13.6. The van der Waals surface area contributed by atoms with Gasteiger partial charge in [0.25, 0.3) is 0 Å². The Morgan fingerprint density at radius 2 is 1.07 bits per heavy atom. The predicted molar refractivity (Wildman–Crippen MR) is 110 cm³/mol. The van der Waals surface area contributed by atoms with Gasteiger partial charge >= 0.3 is 11.9 Å². The molecule has 0 N–H and O–H groups in total. The topological polar surface area (TPSA) is 52.6 Å². The van der Waals surface area contributed by atoms with Gasteiger partial charge in [0, 0.05) is 12.8 Å². The molecule has 0 unspecified atom stereocenters. The highest BCUT2D eigenvalue weighted by Gasteiger charge is 2.07. The number of aryl methyl sites for hydroxylation is 2. The average molecular weight is 383 g/mol. The van der Waals surface area contributed by atoms with Gasteiger partial charge in [0.2, 0.25) is 0 Å². The van der Waals surface area contributed by atoms with Crippen molar-refractivity contribution < 1.29 is 19.1 Å². The molecule has 0 bridgehead atoms. The summed E-state index contributed by atoms with van der Waals surface area (Å²) in [7, 11) is 0. The number of unbranched alkanes of at least 4 members (excludes halogenated alkanes) is 1. The van der Waals surface area contributed by atoms with E-state index in [1.165, 1.54) is 11.1 Å². The maximum absolute atomic E-state index is 11.8. The van der Waals surface area contributed by atoms with Crippen LogP contribution < -0.4 is 0 Å². The fourth-order valence-corrected chi connectivity index (χ4v) is 2.89. The first kappa shape index (κ1) is 21.7. The zero-order valence-electron chi connectivity index (χ0n) is 16.9. The molecular weight excluding hydrogens is 352 g/mol. The van der Waals surface area contributed by atoms with Crippen LogP contribution in [-0.2, 0) is 45.1 Å². The van der Waals surface area contributed by atoms with E-state index in [1.54, 1.807) is 0 Å². The Labute approximate surface area is 167 Å². The van der Waals surface area contributed by atoms with Crippen LogP contribution in [0, 0.1) is 0 Å². The van der Waals surface area contributed by atoms with Crippen LogP contribution in [-0.4, -0.2) is 11.9 Å². The molecule has 0 fully saturated rings. The van der Waals surface area contributed by atoms with Gasteiger partial charge in [-0.25, -0.2) is 0 Å². The summed E-state index contributed by atoms with van der Waals surface area (Å²) in [5, 5.41) is 0. The smallest absolute Gasteiger partial charge is 0.306 e. The molecule has 0 aliphatic heterocycles. The average Bonchev–Trinajstić information content (AvgIpc) is 2.74. The van der Waals surface area contributed by atoms with E-state index in [1.807, 2.05) is 24.3 Å². The number of ether oxygens (including phenoxy) is 2. The lowest BCUT2D eigenvalue weighted by atomic mass is 10.1. The summed E-state index contributed by atoms with van der Waals surface area (Å²) in [6, 6.07) is 16.1. The number of benzene rings is 2. The van der Waals surface area contributed by atoms with Gasteiger partial charge in [0.05, 0.1) is 0 Å². The van der Waals surface area contributed by atoms with E-state index < -0.39 is 0 Å². The summed E-state index contributed by atoms with van der Waals surface area (Å²) >= 11 is 0. The van der Waals surface area contributed by atoms with Crippen molar-refractivity contribution in [3.63, 3.8) is 0 Å². The molecular formula is C24H30O4. The molecule has 2 aromatic rings. The van der Waals surface area contributed by atoms with Crippen molar-refractivity contribution in [2.45, 2.75) is 65.6 Å². The molecule has 150 valence electrons. The van der Waals surface area contributed by atoms with E-state index in [4.69, 9.17) is 9.47 Å². The normalized spacial score (nSPS) is 10.5. The van der Waals surface area contributed by atoms with Gasteiger partial charge in [-0.1, -0.05) is 62.4 Å². The third kappa shape index (κ3) is 7.95. The Morgan fingerprint density at radius 1 is 0.679 bits per heavy atom. The van der Waals surface area contributed by atoms with E-state index >= 15 is 0 Å². The van der Waals surface area contributed by atoms with Gasteiger partial charge in [-0.05, 0) is 47.9 Å². The third-order valence-electron chi connectivity index (χ3n) is 4.61. The highest BCUT2D eigenvalue weighted by Crippen LogP contribution is 2.11. The molecule has 2 rings (SSSR count). The Morgan fingerprint density at radius 3 is 1.46 bits per heavy atom. The fourth-order valence-electron chi connectivity index (χ4n) is 2.89. The zero-order chi connectivity index (χ0) is 20.2. The number of hydrogen-bond donors (Lipinski definition) is 0. The standard InChI is InChI=1S/C24H30O4/c1-3-19-9-7-11-21(15-19)17-27-23(25)13-5-6-14-24(26)28-18-22-12-8-10-20(4-2)16-22/h7-12,15-16H,3-6,13-14,17-18H2,1-2H3. The lowest BCUT2D eigenvalue weighted by Gasteiger charge is -2.07. The lowest BCUT2D eigenvalue weighted by molar-refractivity contribution is -0.147. The molecule has 4 nitrogen and oxygen atoms in total. The largest absolute Gasteiger partial charge is 0.461 e. The van der Waals surface area contributed by atoms with E-state index in [9.17, 15) is 9.59 Å². The highest BCUT2D eigenvalue weighted by molar-refractivity contribution is 5.70. The van der Waals surface area contributed by atoms with Gasteiger partial charge < -0.3 is 9.47 Å². The summed E-state index contributed by atoms with van der Waals surface area (Å²) < 4.78 is 10.6. The Bertz CT molecular complexity index is 701. The molecule has 28 heavy (non-hydrogen) atoms. The molecule has 0 saturated heterocycles. The molecule has 0 aliphatic rings. The van der Waals surface area contributed by atoms with Crippen molar-refractivity contribution >= 4 is 11.9 Å². The van der Waals surface area contributed by atoms with Crippen LogP contribution in [0.25, 0.3) is 0 Å². The number of carbonyl (C=O) groups excluding carboxylic acids is 2. The van der Waals surface area contributed by atoms with Gasteiger partial charge in [-0.2, -0.15) is 0 Å². The second kappa shape index (κ2) is 12.0. The van der Waals surface area contributed by atoms with Gasteiger partial charge in [0.1, 0.15) is 13.2 Å². The minimum absolute atomic E-state index is 0.230. The molecule has 4 heteroatoms. The van der Waals surface area contributed by atoms with Crippen molar-refractivity contribution in [1.29, 1.82) is 0 Å². The first-order valence-electron chi connectivity index (χ1n) is 10.1. The first-order valence-corrected chi connectivity index (χ1v) is 10.1. The minimum atomic E-state index is -0.230. The molecule has 0 amide bonds. The van der Waals surface area contributed by atoms with Crippen LogP contribution in [0.2, 0.25) is 0 Å². The van der Waals surface area contributed by atoms with Crippen molar-refractivity contribution in [1.82, 2.24) is 0 Å². The van der Waals surface area contributed by atoms with E-state index in [0.29, 0.717) is 38.9 Å². The monoisotopic (exact) mass is 382 g/mol. The molecule has 0 radical (unpaired) electrons. The number of esters is 2. The maximum Gasteiger partial charge on any atom is 0.306 e. The Balaban J connectivity index is 1.58. The van der Waals surface area contributed by atoms with Crippen molar-refractivity contribution in [3.8, 4) is 0 Å². The summed E-state index contributed by atoms with van der Waals surface area (Å²) in [6.45, 7) is 4.79. The lowest BCUT2D eigenvalue weighted by Crippen LogP contribution is -2.07. The summed E-state index contributed by atoms with van der Waals surface area (Å²) in [6.07, 6.45) is 3.80. The second-order valence-electron chi connectivity index (χ2n) is 6.88. The number of rotatable bonds is 11. The highest BCUT2D eigenvalue weighted by atomic mass is 16.5. The van der Waals surface area contributed by atoms with Crippen LogP contribution in [0.3, 0.4) is 0 Å². The molecule has 0 aromatic heterocycles. The summed E-state index contributed by atoms with van der Waals surface area (Å²) in [5.41, 5.74) is 4.47. The van der Waals surface area contributed by atoms with Crippen LogP contribution in [0.1, 0.15) is 61.8 Å². The molecule has 0 atom stereocenters. The van der Waals surface area contributed by atoms with Gasteiger partial charge in [-0.15, -0.1) is 0 Å². The van der Waals surface area contributed by atoms with Crippen LogP contribution in [0.15, 0.2) is 48.5 Å². The molecule has 0 aliphatic carbocycles. The van der Waals surface area contributed by atoms with E-state index in [-0.39, 0.29) is 11.9 Å². The molecule has 0 heterocycles. The van der Waals surface area contributed by atoms with Crippen LogP contribution >= 0.6 is 0 Å². The summed E-state index contributed by atoms with van der Waals surface area (Å²) in [5.74, 6) is -0.460. The maximum atomic E-state index is 11.8. The Hall–Kier alpha value is -2.62. The SMILES string of the molecule is CCc1cccc(COC(=O)CCCCC(=O)OCc2cccc(CC)c2)c1. The quantitative estimate of drug-likeness (QED) is 0.398. The van der Waals surface area contributed by atoms with Gasteiger partial charge in [0.15, 0.2) is 0 Å². The number of hydrogen-bond acceptors (Lipinski definition) is 4. The molecule has 0 saturated carbocycles. The number of carbonyl (C=O) groups is 2. The van der Waals surface area contributed by atoms with Crippen LogP contribution in [0.5, 0.6) is 0 Å². The third-order valence-corrected chi connectivity index (χ3v) is 4.61. The van der Waals surface area contributed by atoms with Crippen molar-refractivity contribution in [2.75, 3.05) is 0 Å². The van der Waals surface area contributed by atoms with Crippen molar-refractivity contribution in [3.05, 3.63) is 70.8 Å². The van der Waals surface area contributed by atoms with E-state index in [0.717, 1.165) is 24.0 Å². The van der Waals surface area contributed by atoms with Crippen LogP contribution in [0.4, 0.5) is 0 Å². The predicted octanol–water partition coefficient (Wildman–Crippen LogP) is 5.16. The molecule has 2 aromatic carbocycles. The zero-order valence-corrected chi connectivity index (χ0v) is 16.9. The van der Waals surface area contributed by atoms with E-state index in [2.05, 4.69) is 38.1 Å². The van der Waals surface area contributed by atoms with Gasteiger partial charge in [-0.3, -0.25) is 9.59 Å².